The average molecular weight is 310 g/mol. The molecule has 0 aliphatic heterocycles. The first kappa shape index (κ1) is 14.5. The third-order valence-corrected chi connectivity index (χ3v) is 4.38. The van der Waals surface area contributed by atoms with Crippen LogP contribution in [0, 0.1) is 10.1 Å². The molecule has 0 aliphatic rings. The number of hydrogen-bond donors (Lipinski definition) is 1. The van der Waals surface area contributed by atoms with Crippen LogP contribution in [-0.2, 0) is 10.0 Å². The fourth-order valence-corrected chi connectivity index (χ4v) is 2.80. The SMILES string of the molecule is NS(=O)(=O)c1ccc(Sc2ccc([N+](=O)[O-])cc2)cc1. The maximum Gasteiger partial charge on any atom is 0.269 e. The summed E-state index contributed by atoms with van der Waals surface area (Å²) >= 11 is 1.37. The van der Waals surface area contributed by atoms with E-state index in [9.17, 15) is 18.5 Å². The zero-order valence-electron chi connectivity index (χ0n) is 10.1. The number of primary sulfonamides is 1. The third-order valence-electron chi connectivity index (χ3n) is 2.44. The van der Waals surface area contributed by atoms with E-state index >= 15 is 0 Å². The van der Waals surface area contributed by atoms with Crippen molar-refractivity contribution in [2.45, 2.75) is 14.7 Å². The molecule has 0 saturated carbocycles. The van der Waals surface area contributed by atoms with Crippen LogP contribution in [0.2, 0.25) is 0 Å². The second-order valence-corrected chi connectivity index (χ2v) is 6.58. The molecule has 2 aromatic carbocycles. The van der Waals surface area contributed by atoms with Gasteiger partial charge in [0.25, 0.3) is 5.69 Å². The summed E-state index contributed by atoms with van der Waals surface area (Å²) < 4.78 is 22.2. The molecule has 0 aromatic heterocycles. The summed E-state index contributed by atoms with van der Waals surface area (Å²) in [5.74, 6) is 0. The number of rotatable bonds is 4. The highest BCUT2D eigenvalue weighted by molar-refractivity contribution is 7.99. The fraction of sp³-hybridized carbons (Fsp3) is 0. The Morgan fingerprint density at radius 3 is 1.80 bits per heavy atom. The van der Waals surface area contributed by atoms with E-state index in [1.165, 1.54) is 36.0 Å². The summed E-state index contributed by atoms with van der Waals surface area (Å²) in [5.41, 5.74) is 0.0268. The van der Waals surface area contributed by atoms with Crippen molar-refractivity contribution in [2.24, 2.45) is 5.14 Å². The highest BCUT2D eigenvalue weighted by Gasteiger charge is 2.08. The minimum atomic E-state index is -3.69. The Morgan fingerprint density at radius 2 is 1.40 bits per heavy atom. The third kappa shape index (κ3) is 3.56. The van der Waals surface area contributed by atoms with Crippen molar-refractivity contribution in [3.63, 3.8) is 0 Å². The number of sulfonamides is 1. The Balaban J connectivity index is 2.16. The van der Waals surface area contributed by atoms with Gasteiger partial charge in [0.1, 0.15) is 0 Å². The maximum atomic E-state index is 11.1. The van der Waals surface area contributed by atoms with Crippen LogP contribution in [0.1, 0.15) is 0 Å². The summed E-state index contributed by atoms with van der Waals surface area (Å²) in [4.78, 5) is 11.7. The number of nitro groups is 1. The van der Waals surface area contributed by atoms with Crippen LogP contribution < -0.4 is 5.14 Å². The Kier molecular flexibility index (Phi) is 4.07. The smallest absolute Gasteiger partial charge is 0.258 e. The summed E-state index contributed by atoms with van der Waals surface area (Å²) in [6, 6.07) is 12.2. The Morgan fingerprint density at radius 1 is 0.950 bits per heavy atom. The molecule has 0 spiro atoms. The monoisotopic (exact) mass is 310 g/mol. The van der Waals surface area contributed by atoms with Gasteiger partial charge in [0.05, 0.1) is 9.82 Å². The van der Waals surface area contributed by atoms with E-state index in [1.54, 1.807) is 24.3 Å². The minimum absolute atomic E-state index is 0.0268. The van der Waals surface area contributed by atoms with Crippen LogP contribution in [0.4, 0.5) is 5.69 Å². The summed E-state index contributed by atoms with van der Waals surface area (Å²) in [6.07, 6.45) is 0. The molecule has 20 heavy (non-hydrogen) atoms. The molecule has 2 rings (SSSR count). The average Bonchev–Trinajstić information content (AvgIpc) is 2.39. The molecule has 2 aromatic rings. The van der Waals surface area contributed by atoms with Gasteiger partial charge in [-0.25, -0.2) is 13.6 Å². The van der Waals surface area contributed by atoms with E-state index in [1.807, 2.05) is 0 Å². The topological polar surface area (TPSA) is 103 Å². The zero-order valence-corrected chi connectivity index (χ0v) is 11.7. The largest absolute Gasteiger partial charge is 0.269 e. The first-order chi connectivity index (χ1) is 9.36. The number of nitro benzene ring substituents is 1. The van der Waals surface area contributed by atoms with E-state index in [4.69, 9.17) is 5.14 Å². The molecular formula is C12H10N2O4S2. The van der Waals surface area contributed by atoms with E-state index < -0.39 is 14.9 Å². The Bertz CT molecular complexity index is 725. The first-order valence-corrected chi connectivity index (χ1v) is 7.78. The first-order valence-electron chi connectivity index (χ1n) is 5.41. The van der Waals surface area contributed by atoms with Gasteiger partial charge in [-0.15, -0.1) is 0 Å². The van der Waals surface area contributed by atoms with Gasteiger partial charge in [-0.2, -0.15) is 0 Å². The second kappa shape index (κ2) is 5.61. The molecule has 0 saturated heterocycles. The van der Waals surface area contributed by atoms with Crippen molar-refractivity contribution in [3.05, 3.63) is 58.6 Å². The van der Waals surface area contributed by atoms with Crippen LogP contribution in [0.5, 0.6) is 0 Å². The normalized spacial score (nSPS) is 11.2. The summed E-state index contributed by atoms with van der Waals surface area (Å²) in [5, 5.41) is 15.5. The molecule has 0 aliphatic carbocycles. The van der Waals surface area contributed by atoms with E-state index in [0.717, 1.165) is 9.79 Å². The number of nitrogens with two attached hydrogens (primary N) is 1. The molecule has 2 N–H and O–H groups in total. The highest BCUT2D eigenvalue weighted by atomic mass is 32.2. The molecule has 0 amide bonds. The molecule has 104 valence electrons. The van der Waals surface area contributed by atoms with Crippen molar-refractivity contribution in [1.29, 1.82) is 0 Å². The lowest BCUT2D eigenvalue weighted by Gasteiger charge is -2.03. The van der Waals surface area contributed by atoms with Crippen molar-refractivity contribution in [1.82, 2.24) is 0 Å². The number of nitrogens with zero attached hydrogens (tertiary/aromatic N) is 1. The van der Waals surface area contributed by atoms with Gasteiger partial charge in [0.15, 0.2) is 0 Å². The van der Waals surface area contributed by atoms with Crippen LogP contribution >= 0.6 is 11.8 Å². The lowest BCUT2D eigenvalue weighted by atomic mass is 10.3. The van der Waals surface area contributed by atoms with Crippen LogP contribution in [0.25, 0.3) is 0 Å². The fourth-order valence-electron chi connectivity index (χ4n) is 1.47. The number of hydrogen-bond acceptors (Lipinski definition) is 5. The standard InChI is InChI=1S/C12H10N2O4S2/c13-20(17,18)12-7-5-11(6-8-12)19-10-3-1-9(2-4-10)14(15)16/h1-8H,(H2,13,17,18). The summed E-state index contributed by atoms with van der Waals surface area (Å²) in [6.45, 7) is 0. The molecule has 6 nitrogen and oxygen atoms in total. The predicted octanol–water partition coefficient (Wildman–Crippen LogP) is 2.39. The minimum Gasteiger partial charge on any atom is -0.258 e. The van der Waals surface area contributed by atoms with Crippen LogP contribution in [-0.4, -0.2) is 13.3 Å². The van der Waals surface area contributed by atoms with E-state index in [2.05, 4.69) is 0 Å². The zero-order chi connectivity index (χ0) is 14.8. The molecule has 8 heteroatoms. The molecule has 0 radical (unpaired) electrons. The van der Waals surface area contributed by atoms with Gasteiger partial charge in [0, 0.05) is 21.9 Å². The van der Waals surface area contributed by atoms with Crippen molar-refractivity contribution < 1.29 is 13.3 Å². The van der Waals surface area contributed by atoms with Gasteiger partial charge < -0.3 is 0 Å². The lowest BCUT2D eigenvalue weighted by Crippen LogP contribution is -2.11. The van der Waals surface area contributed by atoms with Gasteiger partial charge in [-0.3, -0.25) is 10.1 Å². The van der Waals surface area contributed by atoms with Crippen molar-refractivity contribution in [3.8, 4) is 0 Å². The molecule has 0 atom stereocenters. The molecular weight excluding hydrogens is 300 g/mol. The Hall–Kier alpha value is -1.90. The maximum absolute atomic E-state index is 11.1. The molecule has 0 unspecified atom stereocenters. The molecule has 0 heterocycles. The van der Waals surface area contributed by atoms with Crippen molar-refractivity contribution in [2.75, 3.05) is 0 Å². The second-order valence-electron chi connectivity index (χ2n) is 3.87. The van der Waals surface area contributed by atoms with Gasteiger partial charge in [-0.05, 0) is 36.4 Å². The van der Waals surface area contributed by atoms with Crippen molar-refractivity contribution >= 4 is 27.5 Å². The number of non-ortho nitro benzene ring substituents is 1. The predicted molar refractivity (Wildman–Crippen MR) is 75.0 cm³/mol. The lowest BCUT2D eigenvalue weighted by molar-refractivity contribution is -0.384. The van der Waals surface area contributed by atoms with Gasteiger partial charge >= 0.3 is 0 Å². The van der Waals surface area contributed by atoms with Gasteiger partial charge in [0.2, 0.25) is 10.0 Å². The highest BCUT2D eigenvalue weighted by Crippen LogP contribution is 2.29. The number of benzene rings is 2. The molecule has 0 fully saturated rings. The summed E-state index contributed by atoms with van der Waals surface area (Å²) in [7, 11) is -3.69. The Labute approximate surface area is 119 Å². The van der Waals surface area contributed by atoms with E-state index in [-0.39, 0.29) is 10.6 Å². The van der Waals surface area contributed by atoms with Crippen LogP contribution in [0.3, 0.4) is 0 Å². The quantitative estimate of drug-likeness (QED) is 0.690. The van der Waals surface area contributed by atoms with Gasteiger partial charge in [-0.1, -0.05) is 11.8 Å². The molecule has 0 bridgehead atoms. The van der Waals surface area contributed by atoms with E-state index in [0.29, 0.717) is 0 Å². The van der Waals surface area contributed by atoms with Crippen LogP contribution in [0.15, 0.2) is 63.2 Å².